The first kappa shape index (κ1) is 14.1. The number of halogens is 1. The lowest BCUT2D eigenvalue weighted by Gasteiger charge is -2.31. The van der Waals surface area contributed by atoms with Gasteiger partial charge in [-0.05, 0) is 65.6 Å². The van der Waals surface area contributed by atoms with Crippen LogP contribution in [0.2, 0.25) is 0 Å². The van der Waals surface area contributed by atoms with Gasteiger partial charge in [-0.3, -0.25) is 0 Å². The van der Waals surface area contributed by atoms with Gasteiger partial charge in [0.05, 0.1) is 9.89 Å². The second kappa shape index (κ2) is 6.25. The molecule has 2 N–H and O–H groups in total. The Bertz CT molecular complexity index is 434. The largest absolute Gasteiger partial charge is 0.393 e. The lowest BCUT2D eigenvalue weighted by molar-refractivity contribution is 0.0677. The highest BCUT2D eigenvalue weighted by atomic mass is 79.9. The summed E-state index contributed by atoms with van der Waals surface area (Å²) in [6, 6.07) is 2.79. The van der Waals surface area contributed by atoms with Gasteiger partial charge in [0.25, 0.3) is 0 Å². The van der Waals surface area contributed by atoms with Crippen molar-refractivity contribution >= 4 is 27.3 Å². The summed E-state index contributed by atoms with van der Waals surface area (Å²) in [5, 5.41) is 13.8. The van der Waals surface area contributed by atoms with Crippen molar-refractivity contribution in [3.63, 3.8) is 0 Å². The summed E-state index contributed by atoms with van der Waals surface area (Å²) in [6.45, 7) is 0.971. The Morgan fingerprint density at radius 3 is 2.95 bits per heavy atom. The van der Waals surface area contributed by atoms with Crippen molar-refractivity contribution in [3.8, 4) is 0 Å². The Morgan fingerprint density at radius 1 is 1.26 bits per heavy atom. The van der Waals surface area contributed by atoms with Crippen LogP contribution in [0.1, 0.15) is 55.0 Å². The fourth-order valence-electron chi connectivity index (χ4n) is 3.45. The van der Waals surface area contributed by atoms with Crippen molar-refractivity contribution in [2.24, 2.45) is 5.92 Å². The van der Waals surface area contributed by atoms with Gasteiger partial charge in [-0.15, -0.1) is 11.3 Å². The van der Waals surface area contributed by atoms with Gasteiger partial charge in [0.1, 0.15) is 0 Å². The van der Waals surface area contributed by atoms with E-state index in [1.54, 1.807) is 4.88 Å². The first-order valence-corrected chi connectivity index (χ1v) is 9.04. The molecule has 19 heavy (non-hydrogen) atoms. The minimum Gasteiger partial charge on any atom is -0.393 e. The van der Waals surface area contributed by atoms with Crippen LogP contribution in [0.5, 0.6) is 0 Å². The molecule has 1 aromatic heterocycles. The standard InChI is InChI=1S/C15H22BrNOS/c16-15-8-11-12(5-3-7-14(11)19-15)17-9-10-4-1-2-6-13(10)18/h8,10,12-13,17-18H,1-7,9H2. The Morgan fingerprint density at radius 2 is 2.11 bits per heavy atom. The van der Waals surface area contributed by atoms with Gasteiger partial charge < -0.3 is 10.4 Å². The van der Waals surface area contributed by atoms with Crippen LogP contribution in [0, 0.1) is 5.92 Å². The van der Waals surface area contributed by atoms with Gasteiger partial charge in [0.15, 0.2) is 0 Å². The monoisotopic (exact) mass is 343 g/mol. The van der Waals surface area contributed by atoms with Crippen LogP contribution in [0.3, 0.4) is 0 Å². The van der Waals surface area contributed by atoms with Gasteiger partial charge >= 0.3 is 0 Å². The van der Waals surface area contributed by atoms with E-state index in [9.17, 15) is 5.11 Å². The number of thiophene rings is 1. The molecule has 0 spiro atoms. The van der Waals surface area contributed by atoms with E-state index < -0.39 is 0 Å². The maximum Gasteiger partial charge on any atom is 0.0704 e. The topological polar surface area (TPSA) is 32.3 Å². The summed E-state index contributed by atoms with van der Waals surface area (Å²) in [4.78, 5) is 1.54. The fourth-order valence-corrected chi connectivity index (χ4v) is 5.27. The summed E-state index contributed by atoms with van der Waals surface area (Å²) in [7, 11) is 0. The molecule has 0 saturated heterocycles. The molecule has 0 aromatic carbocycles. The van der Waals surface area contributed by atoms with Crippen LogP contribution < -0.4 is 5.32 Å². The zero-order valence-corrected chi connectivity index (χ0v) is 13.6. The van der Waals surface area contributed by atoms with Crippen LogP contribution >= 0.6 is 27.3 Å². The van der Waals surface area contributed by atoms with Crippen LogP contribution in [-0.4, -0.2) is 17.8 Å². The van der Waals surface area contributed by atoms with Crippen molar-refractivity contribution in [1.82, 2.24) is 5.32 Å². The predicted molar refractivity (Wildman–Crippen MR) is 83.7 cm³/mol. The first-order valence-electron chi connectivity index (χ1n) is 7.43. The predicted octanol–water partition coefficient (Wildman–Crippen LogP) is 4.03. The molecule has 1 heterocycles. The quantitative estimate of drug-likeness (QED) is 0.868. The van der Waals surface area contributed by atoms with Crippen molar-refractivity contribution in [2.45, 2.75) is 57.1 Å². The third kappa shape index (κ3) is 3.23. The minimum absolute atomic E-state index is 0.0847. The normalized spacial score (nSPS) is 31.2. The molecule has 2 nitrogen and oxygen atoms in total. The molecule has 1 saturated carbocycles. The SMILES string of the molecule is OC1CCCCC1CNC1CCCc2sc(Br)cc21. The van der Waals surface area contributed by atoms with E-state index in [1.165, 1.54) is 47.9 Å². The molecular weight excluding hydrogens is 322 g/mol. The maximum absolute atomic E-state index is 10.1. The van der Waals surface area contributed by atoms with Crippen LogP contribution in [0.25, 0.3) is 0 Å². The molecule has 1 fully saturated rings. The number of nitrogens with one attached hydrogen (secondary N) is 1. The van der Waals surface area contributed by atoms with Crippen LogP contribution in [0.15, 0.2) is 9.85 Å². The molecule has 106 valence electrons. The summed E-state index contributed by atoms with van der Waals surface area (Å²) in [5.74, 6) is 0.459. The molecule has 1 aromatic rings. The van der Waals surface area contributed by atoms with E-state index in [0.717, 1.165) is 13.0 Å². The van der Waals surface area contributed by atoms with Crippen LogP contribution in [0.4, 0.5) is 0 Å². The zero-order chi connectivity index (χ0) is 13.2. The Balaban J connectivity index is 1.61. The molecule has 4 heteroatoms. The van der Waals surface area contributed by atoms with E-state index in [0.29, 0.717) is 12.0 Å². The van der Waals surface area contributed by atoms with Gasteiger partial charge in [-0.2, -0.15) is 0 Å². The number of hydrogen-bond donors (Lipinski definition) is 2. The first-order chi connectivity index (χ1) is 9.24. The van der Waals surface area contributed by atoms with Gasteiger partial charge in [0, 0.05) is 17.5 Å². The van der Waals surface area contributed by atoms with E-state index >= 15 is 0 Å². The molecule has 0 amide bonds. The highest BCUT2D eigenvalue weighted by molar-refractivity contribution is 9.11. The number of fused-ring (bicyclic) bond motifs is 1. The molecule has 3 rings (SSSR count). The van der Waals surface area contributed by atoms with Gasteiger partial charge in [-0.25, -0.2) is 0 Å². The number of aryl methyl sites for hydroxylation is 1. The lowest BCUT2D eigenvalue weighted by Crippen LogP contribution is -2.36. The molecule has 2 aliphatic carbocycles. The van der Waals surface area contributed by atoms with Crippen molar-refractivity contribution in [1.29, 1.82) is 0 Å². The van der Waals surface area contributed by atoms with Gasteiger partial charge in [-0.1, -0.05) is 12.8 Å². The average molecular weight is 344 g/mol. The summed E-state index contributed by atoms with van der Waals surface area (Å²) in [5.41, 5.74) is 1.49. The maximum atomic E-state index is 10.1. The molecule has 2 aliphatic rings. The highest BCUT2D eigenvalue weighted by Gasteiger charge is 2.26. The molecule has 3 atom stereocenters. The molecule has 3 unspecified atom stereocenters. The van der Waals surface area contributed by atoms with Crippen LogP contribution in [-0.2, 0) is 6.42 Å². The Kier molecular flexibility index (Phi) is 4.62. The van der Waals surface area contributed by atoms with E-state index in [2.05, 4.69) is 27.3 Å². The average Bonchev–Trinajstić information content (AvgIpc) is 2.78. The number of aliphatic hydroxyl groups excluding tert-OH is 1. The molecule has 0 aliphatic heterocycles. The van der Waals surface area contributed by atoms with Crippen molar-refractivity contribution in [3.05, 3.63) is 20.3 Å². The fraction of sp³-hybridized carbons (Fsp3) is 0.733. The zero-order valence-electron chi connectivity index (χ0n) is 11.2. The minimum atomic E-state index is -0.0847. The molecular formula is C15H22BrNOS. The van der Waals surface area contributed by atoms with Gasteiger partial charge in [0.2, 0.25) is 0 Å². The number of hydrogen-bond acceptors (Lipinski definition) is 3. The summed E-state index contributed by atoms with van der Waals surface area (Å²) < 4.78 is 1.25. The van der Waals surface area contributed by atoms with Crippen molar-refractivity contribution in [2.75, 3.05) is 6.54 Å². The third-order valence-corrected chi connectivity index (χ3v) is 6.29. The lowest BCUT2D eigenvalue weighted by atomic mass is 9.86. The summed E-state index contributed by atoms with van der Waals surface area (Å²) >= 11 is 5.49. The number of aliphatic hydroxyl groups is 1. The smallest absolute Gasteiger partial charge is 0.0704 e. The van der Waals surface area contributed by atoms with Crippen molar-refractivity contribution < 1.29 is 5.11 Å². The Hall–Kier alpha value is 0.100. The second-order valence-corrected chi connectivity index (χ2v) is 8.41. The molecule has 0 radical (unpaired) electrons. The van der Waals surface area contributed by atoms with E-state index in [4.69, 9.17) is 0 Å². The molecule has 0 bridgehead atoms. The van der Waals surface area contributed by atoms with E-state index in [1.807, 2.05) is 11.3 Å². The van der Waals surface area contributed by atoms with E-state index in [-0.39, 0.29) is 6.10 Å². The third-order valence-electron chi connectivity index (χ3n) is 4.58. The summed E-state index contributed by atoms with van der Waals surface area (Å²) in [6.07, 6.45) is 8.32. The number of rotatable bonds is 3. The Labute approximate surface area is 127 Å². The second-order valence-electron chi connectivity index (χ2n) is 5.89. The highest BCUT2D eigenvalue weighted by Crippen LogP contribution is 2.38.